The standard InChI is InChI=1S/C21H29N3O4/c1-2-18(26)24-17(13-25)20(16-6-4-3-5-7-16)21(24)14-23(15-21)19(27)12-22-8-10-28-11-9-22/h3-7,17,20,25H,2,8-15H2,1H3/t17-,20+/m1/s1. The van der Waals surface area contributed by atoms with Crippen LogP contribution in [-0.4, -0.2) is 95.7 Å². The summed E-state index contributed by atoms with van der Waals surface area (Å²) in [6.45, 7) is 6.18. The van der Waals surface area contributed by atoms with Crippen molar-refractivity contribution >= 4 is 11.8 Å². The van der Waals surface area contributed by atoms with Gasteiger partial charge in [-0.25, -0.2) is 0 Å². The van der Waals surface area contributed by atoms with Crippen molar-refractivity contribution in [3.63, 3.8) is 0 Å². The van der Waals surface area contributed by atoms with Crippen LogP contribution < -0.4 is 0 Å². The van der Waals surface area contributed by atoms with Crippen molar-refractivity contribution in [3.8, 4) is 0 Å². The Balaban J connectivity index is 1.50. The van der Waals surface area contributed by atoms with Crippen LogP contribution in [0.2, 0.25) is 0 Å². The van der Waals surface area contributed by atoms with Crippen LogP contribution >= 0.6 is 0 Å². The summed E-state index contributed by atoms with van der Waals surface area (Å²) in [4.78, 5) is 31.2. The number of amides is 2. The number of rotatable bonds is 5. The molecule has 1 N–H and O–H groups in total. The van der Waals surface area contributed by atoms with Crippen LogP contribution in [0.5, 0.6) is 0 Å². The third-order valence-corrected chi connectivity index (χ3v) is 6.44. The van der Waals surface area contributed by atoms with Crippen LogP contribution in [0.15, 0.2) is 30.3 Å². The molecule has 3 heterocycles. The molecule has 3 aliphatic heterocycles. The number of likely N-dealkylation sites (tertiary alicyclic amines) is 2. The minimum atomic E-state index is -0.386. The summed E-state index contributed by atoms with van der Waals surface area (Å²) in [5, 5.41) is 9.98. The lowest BCUT2D eigenvalue weighted by molar-refractivity contribution is -0.203. The Morgan fingerprint density at radius 3 is 2.43 bits per heavy atom. The second kappa shape index (κ2) is 7.81. The number of ether oxygens (including phenoxy) is 1. The maximum absolute atomic E-state index is 12.8. The van der Waals surface area contributed by atoms with Crippen molar-refractivity contribution in [3.05, 3.63) is 35.9 Å². The van der Waals surface area contributed by atoms with Crippen molar-refractivity contribution in [1.82, 2.24) is 14.7 Å². The number of nitrogens with zero attached hydrogens (tertiary/aromatic N) is 3. The van der Waals surface area contributed by atoms with Crippen molar-refractivity contribution in [2.24, 2.45) is 0 Å². The maximum Gasteiger partial charge on any atom is 0.236 e. The zero-order chi connectivity index (χ0) is 19.7. The van der Waals surface area contributed by atoms with Gasteiger partial charge in [-0.1, -0.05) is 37.3 Å². The monoisotopic (exact) mass is 387 g/mol. The number of benzene rings is 1. The first-order chi connectivity index (χ1) is 13.6. The predicted octanol–water partition coefficient (Wildman–Crippen LogP) is 0.297. The Bertz CT molecular complexity index is 714. The van der Waals surface area contributed by atoms with Crippen LogP contribution in [0, 0.1) is 0 Å². The van der Waals surface area contributed by atoms with E-state index in [4.69, 9.17) is 4.74 Å². The van der Waals surface area contributed by atoms with E-state index in [0.717, 1.165) is 18.7 Å². The summed E-state index contributed by atoms with van der Waals surface area (Å²) < 4.78 is 5.35. The van der Waals surface area contributed by atoms with Crippen molar-refractivity contribution in [1.29, 1.82) is 0 Å². The molecule has 1 spiro atoms. The Morgan fingerprint density at radius 2 is 1.82 bits per heavy atom. The van der Waals surface area contributed by atoms with Crippen LogP contribution in [0.25, 0.3) is 0 Å². The zero-order valence-corrected chi connectivity index (χ0v) is 16.4. The van der Waals surface area contributed by atoms with E-state index < -0.39 is 0 Å². The fourth-order valence-corrected chi connectivity index (χ4v) is 5.08. The van der Waals surface area contributed by atoms with E-state index in [0.29, 0.717) is 39.3 Å². The largest absolute Gasteiger partial charge is 0.394 e. The summed E-state index contributed by atoms with van der Waals surface area (Å²) in [7, 11) is 0. The van der Waals surface area contributed by atoms with Crippen molar-refractivity contribution < 1.29 is 19.4 Å². The summed E-state index contributed by atoms with van der Waals surface area (Å²) in [5.41, 5.74) is 0.740. The fourth-order valence-electron chi connectivity index (χ4n) is 5.08. The van der Waals surface area contributed by atoms with E-state index >= 15 is 0 Å². The molecule has 1 aromatic carbocycles. The second-order valence-electron chi connectivity index (χ2n) is 8.00. The minimum absolute atomic E-state index is 0.0477. The Morgan fingerprint density at radius 1 is 1.14 bits per heavy atom. The summed E-state index contributed by atoms with van der Waals surface area (Å²) in [6, 6.07) is 9.84. The van der Waals surface area contributed by atoms with Gasteiger partial charge in [-0.15, -0.1) is 0 Å². The highest BCUT2D eigenvalue weighted by Gasteiger charge is 2.67. The van der Waals surface area contributed by atoms with Gasteiger partial charge in [0.05, 0.1) is 37.9 Å². The quantitative estimate of drug-likeness (QED) is 0.787. The molecule has 3 aliphatic rings. The van der Waals surface area contributed by atoms with Gasteiger partial charge in [0.25, 0.3) is 0 Å². The van der Waals surface area contributed by atoms with Gasteiger partial charge < -0.3 is 19.6 Å². The Labute approximate surface area is 165 Å². The van der Waals surface area contributed by atoms with E-state index in [2.05, 4.69) is 17.0 Å². The molecular weight excluding hydrogens is 358 g/mol. The molecule has 0 radical (unpaired) electrons. The first kappa shape index (κ1) is 19.4. The van der Waals surface area contributed by atoms with Crippen LogP contribution in [0.1, 0.15) is 24.8 Å². The molecule has 3 fully saturated rings. The summed E-state index contributed by atoms with van der Waals surface area (Å²) in [5.74, 6) is 0.212. The number of morpholine rings is 1. The normalized spacial score (nSPS) is 26.6. The van der Waals surface area contributed by atoms with Gasteiger partial charge in [-0.05, 0) is 5.56 Å². The van der Waals surface area contributed by atoms with Crippen LogP contribution in [-0.2, 0) is 14.3 Å². The highest BCUT2D eigenvalue weighted by molar-refractivity contribution is 5.83. The first-order valence-electron chi connectivity index (χ1n) is 10.2. The zero-order valence-electron chi connectivity index (χ0n) is 16.4. The van der Waals surface area contributed by atoms with Gasteiger partial charge in [0, 0.05) is 38.5 Å². The van der Waals surface area contributed by atoms with E-state index in [1.165, 1.54) is 0 Å². The van der Waals surface area contributed by atoms with Gasteiger partial charge in [0.15, 0.2) is 0 Å². The third kappa shape index (κ3) is 3.11. The van der Waals surface area contributed by atoms with E-state index in [9.17, 15) is 14.7 Å². The number of hydrogen-bond acceptors (Lipinski definition) is 5. The highest BCUT2D eigenvalue weighted by Crippen LogP contribution is 2.54. The van der Waals surface area contributed by atoms with Crippen molar-refractivity contribution in [2.45, 2.75) is 30.8 Å². The molecule has 152 valence electrons. The number of hydrogen-bond donors (Lipinski definition) is 1. The summed E-state index contributed by atoms with van der Waals surface area (Å²) in [6.07, 6.45) is 0.404. The molecule has 1 aromatic rings. The molecule has 7 heteroatoms. The molecule has 0 aromatic heterocycles. The van der Waals surface area contributed by atoms with Gasteiger partial charge >= 0.3 is 0 Å². The summed E-state index contributed by atoms with van der Waals surface area (Å²) >= 11 is 0. The third-order valence-electron chi connectivity index (χ3n) is 6.44. The SMILES string of the molecule is CCC(=O)N1[C@H](CO)[C@H](c2ccccc2)C12CN(C(=O)CN1CCOCC1)C2. The molecule has 0 bridgehead atoms. The lowest BCUT2D eigenvalue weighted by Crippen LogP contribution is -2.86. The molecule has 3 saturated heterocycles. The van der Waals surface area contributed by atoms with Gasteiger partial charge in [-0.2, -0.15) is 0 Å². The Kier molecular flexibility index (Phi) is 5.40. The van der Waals surface area contributed by atoms with E-state index in [1.807, 2.05) is 34.9 Å². The average Bonchev–Trinajstić information content (AvgIpc) is 2.67. The smallest absolute Gasteiger partial charge is 0.236 e. The van der Waals surface area contributed by atoms with Gasteiger partial charge in [-0.3, -0.25) is 14.5 Å². The molecule has 4 rings (SSSR count). The molecular formula is C21H29N3O4. The van der Waals surface area contributed by atoms with Crippen molar-refractivity contribution in [2.75, 3.05) is 52.5 Å². The highest BCUT2D eigenvalue weighted by atomic mass is 16.5. The number of carbonyl (C=O) groups is 2. The fraction of sp³-hybridized carbons (Fsp3) is 0.619. The average molecular weight is 387 g/mol. The van der Waals surface area contributed by atoms with E-state index in [1.54, 1.807) is 0 Å². The number of carbonyl (C=O) groups excluding carboxylic acids is 2. The van der Waals surface area contributed by atoms with Crippen LogP contribution in [0.4, 0.5) is 0 Å². The van der Waals surface area contributed by atoms with Gasteiger partial charge in [0.1, 0.15) is 0 Å². The molecule has 0 saturated carbocycles. The second-order valence-corrected chi connectivity index (χ2v) is 8.00. The molecule has 0 aliphatic carbocycles. The lowest BCUT2D eigenvalue weighted by atomic mass is 9.60. The van der Waals surface area contributed by atoms with Crippen LogP contribution in [0.3, 0.4) is 0 Å². The first-order valence-corrected chi connectivity index (χ1v) is 10.2. The number of aliphatic hydroxyl groups is 1. The van der Waals surface area contributed by atoms with Gasteiger partial charge in [0.2, 0.25) is 11.8 Å². The lowest BCUT2D eigenvalue weighted by Gasteiger charge is -2.70. The molecule has 0 unspecified atom stereocenters. The molecule has 28 heavy (non-hydrogen) atoms. The Hall–Kier alpha value is -1.96. The minimum Gasteiger partial charge on any atom is -0.394 e. The maximum atomic E-state index is 12.8. The number of aliphatic hydroxyl groups excluding tert-OH is 1. The molecule has 7 nitrogen and oxygen atoms in total. The van der Waals surface area contributed by atoms with E-state index in [-0.39, 0.29) is 35.9 Å². The molecule has 2 atom stereocenters. The topological polar surface area (TPSA) is 73.3 Å². The molecule has 2 amide bonds. The predicted molar refractivity (Wildman–Crippen MR) is 104 cm³/mol.